The standard InChI is InChI=1S/C17H24N2O2/c1-3-4-16(20)18-13-5-6-15-14(11-13)17(12-19(15)2)7-9-21-10-8-17/h5-6,11H,3-4,7-10,12H2,1-2H3,(H,18,20). The first-order valence-corrected chi connectivity index (χ1v) is 7.88. The largest absolute Gasteiger partial charge is 0.381 e. The quantitative estimate of drug-likeness (QED) is 0.930. The monoisotopic (exact) mass is 288 g/mol. The molecular formula is C17H24N2O2. The summed E-state index contributed by atoms with van der Waals surface area (Å²) >= 11 is 0. The van der Waals surface area contributed by atoms with Crippen LogP contribution in [0.5, 0.6) is 0 Å². The molecule has 1 saturated heterocycles. The molecule has 0 saturated carbocycles. The Hall–Kier alpha value is -1.55. The number of benzene rings is 1. The van der Waals surface area contributed by atoms with Gasteiger partial charge in [-0.3, -0.25) is 4.79 Å². The molecule has 4 heteroatoms. The lowest BCUT2D eigenvalue weighted by Gasteiger charge is -2.34. The van der Waals surface area contributed by atoms with Crippen LogP contribution in [-0.2, 0) is 14.9 Å². The number of carbonyl (C=O) groups is 1. The van der Waals surface area contributed by atoms with Gasteiger partial charge < -0.3 is 15.0 Å². The lowest BCUT2D eigenvalue weighted by molar-refractivity contribution is -0.116. The Labute approximate surface area is 126 Å². The summed E-state index contributed by atoms with van der Waals surface area (Å²) in [6, 6.07) is 6.33. The molecular weight excluding hydrogens is 264 g/mol. The summed E-state index contributed by atoms with van der Waals surface area (Å²) in [5.74, 6) is 0.102. The molecule has 1 amide bonds. The number of anilines is 2. The van der Waals surface area contributed by atoms with E-state index in [1.165, 1.54) is 11.3 Å². The molecule has 1 fully saturated rings. The number of carbonyl (C=O) groups excluding carboxylic acids is 1. The van der Waals surface area contributed by atoms with E-state index in [0.29, 0.717) is 6.42 Å². The van der Waals surface area contributed by atoms with Crippen LogP contribution >= 0.6 is 0 Å². The Morgan fingerprint density at radius 2 is 2.14 bits per heavy atom. The fraction of sp³-hybridized carbons (Fsp3) is 0.588. The van der Waals surface area contributed by atoms with E-state index < -0.39 is 0 Å². The van der Waals surface area contributed by atoms with Crippen LogP contribution in [0.25, 0.3) is 0 Å². The molecule has 2 aliphatic heterocycles. The topological polar surface area (TPSA) is 41.6 Å². The van der Waals surface area contributed by atoms with Crippen molar-refractivity contribution in [1.29, 1.82) is 0 Å². The van der Waals surface area contributed by atoms with Gasteiger partial charge in [0.1, 0.15) is 0 Å². The van der Waals surface area contributed by atoms with Crippen LogP contribution in [-0.4, -0.2) is 32.7 Å². The van der Waals surface area contributed by atoms with Gasteiger partial charge in [-0.1, -0.05) is 6.92 Å². The van der Waals surface area contributed by atoms with E-state index >= 15 is 0 Å². The molecule has 2 heterocycles. The first kappa shape index (κ1) is 14.4. The van der Waals surface area contributed by atoms with Crippen molar-refractivity contribution < 1.29 is 9.53 Å². The van der Waals surface area contributed by atoms with Crippen molar-refractivity contribution in [2.24, 2.45) is 0 Å². The Morgan fingerprint density at radius 1 is 1.38 bits per heavy atom. The smallest absolute Gasteiger partial charge is 0.224 e. The highest BCUT2D eigenvalue weighted by atomic mass is 16.5. The zero-order chi connectivity index (χ0) is 14.9. The molecule has 1 spiro atoms. The van der Waals surface area contributed by atoms with E-state index in [9.17, 15) is 4.79 Å². The molecule has 1 aromatic carbocycles. The summed E-state index contributed by atoms with van der Waals surface area (Å²) in [5.41, 5.74) is 3.80. The van der Waals surface area contributed by atoms with Crippen molar-refractivity contribution in [2.75, 3.05) is 37.0 Å². The number of hydrogen-bond acceptors (Lipinski definition) is 3. The molecule has 0 aliphatic carbocycles. The zero-order valence-electron chi connectivity index (χ0n) is 12.9. The predicted molar refractivity (Wildman–Crippen MR) is 85.0 cm³/mol. The first-order valence-electron chi connectivity index (χ1n) is 7.88. The van der Waals surface area contributed by atoms with E-state index in [4.69, 9.17) is 4.74 Å². The van der Waals surface area contributed by atoms with E-state index in [1.807, 2.05) is 13.0 Å². The molecule has 2 aliphatic rings. The summed E-state index contributed by atoms with van der Waals surface area (Å²) in [7, 11) is 2.15. The van der Waals surface area contributed by atoms with Crippen molar-refractivity contribution in [2.45, 2.75) is 38.0 Å². The Morgan fingerprint density at radius 3 is 2.86 bits per heavy atom. The second kappa shape index (κ2) is 5.68. The third kappa shape index (κ3) is 2.64. The summed E-state index contributed by atoms with van der Waals surface area (Å²) in [5, 5.41) is 3.02. The van der Waals surface area contributed by atoms with Gasteiger partial charge in [0.25, 0.3) is 0 Å². The second-order valence-corrected chi connectivity index (χ2v) is 6.28. The Kier molecular flexibility index (Phi) is 3.89. The molecule has 0 aromatic heterocycles. The molecule has 0 bridgehead atoms. The van der Waals surface area contributed by atoms with Crippen molar-refractivity contribution in [1.82, 2.24) is 0 Å². The van der Waals surface area contributed by atoms with Crippen LogP contribution in [0.1, 0.15) is 38.2 Å². The second-order valence-electron chi connectivity index (χ2n) is 6.28. The van der Waals surface area contributed by atoms with Gasteiger partial charge in [0.2, 0.25) is 5.91 Å². The van der Waals surface area contributed by atoms with E-state index in [-0.39, 0.29) is 11.3 Å². The Balaban J connectivity index is 1.89. The van der Waals surface area contributed by atoms with Crippen molar-refractivity contribution in [3.8, 4) is 0 Å². The van der Waals surface area contributed by atoms with E-state index in [0.717, 1.165) is 44.7 Å². The highest BCUT2D eigenvalue weighted by molar-refractivity contribution is 5.91. The van der Waals surface area contributed by atoms with Gasteiger partial charge in [0.05, 0.1) is 0 Å². The minimum Gasteiger partial charge on any atom is -0.381 e. The maximum Gasteiger partial charge on any atom is 0.224 e. The van der Waals surface area contributed by atoms with Gasteiger partial charge in [-0.05, 0) is 43.0 Å². The number of amides is 1. The molecule has 21 heavy (non-hydrogen) atoms. The number of hydrogen-bond donors (Lipinski definition) is 1. The number of nitrogens with zero attached hydrogens (tertiary/aromatic N) is 1. The van der Waals surface area contributed by atoms with Gasteiger partial charge in [-0.2, -0.15) is 0 Å². The number of likely N-dealkylation sites (N-methyl/N-ethyl adjacent to an activating group) is 1. The Bertz CT molecular complexity index is 536. The minimum absolute atomic E-state index is 0.102. The average Bonchev–Trinajstić information content (AvgIpc) is 2.72. The molecule has 1 N–H and O–H groups in total. The van der Waals surface area contributed by atoms with Crippen molar-refractivity contribution in [3.63, 3.8) is 0 Å². The fourth-order valence-corrected chi connectivity index (χ4v) is 3.64. The lowest BCUT2D eigenvalue weighted by atomic mass is 9.76. The SMILES string of the molecule is CCCC(=O)Nc1ccc2c(c1)C1(CCOCC1)CN2C. The average molecular weight is 288 g/mol. The van der Waals surface area contributed by atoms with Crippen LogP contribution in [0.3, 0.4) is 0 Å². The van der Waals surface area contributed by atoms with Gasteiger partial charge in [-0.15, -0.1) is 0 Å². The predicted octanol–water partition coefficient (Wildman–Crippen LogP) is 2.92. The summed E-state index contributed by atoms with van der Waals surface area (Å²) in [4.78, 5) is 14.1. The molecule has 3 rings (SSSR count). The molecule has 1 aromatic rings. The molecule has 0 unspecified atom stereocenters. The van der Waals surface area contributed by atoms with Crippen LogP contribution in [0, 0.1) is 0 Å². The van der Waals surface area contributed by atoms with Crippen LogP contribution in [0.15, 0.2) is 18.2 Å². The summed E-state index contributed by atoms with van der Waals surface area (Å²) in [6.45, 7) is 4.74. The van der Waals surface area contributed by atoms with E-state index in [2.05, 4.69) is 29.4 Å². The highest BCUT2D eigenvalue weighted by Gasteiger charge is 2.42. The number of nitrogens with one attached hydrogen (secondary N) is 1. The summed E-state index contributed by atoms with van der Waals surface area (Å²) < 4.78 is 5.54. The normalized spacial score (nSPS) is 19.6. The molecule has 114 valence electrons. The van der Waals surface area contributed by atoms with Gasteiger partial charge >= 0.3 is 0 Å². The molecule has 0 atom stereocenters. The third-order valence-corrected chi connectivity index (χ3v) is 4.73. The lowest BCUT2D eigenvalue weighted by Crippen LogP contribution is -2.37. The fourth-order valence-electron chi connectivity index (χ4n) is 3.64. The van der Waals surface area contributed by atoms with Gasteiger partial charge in [0, 0.05) is 50.0 Å². The van der Waals surface area contributed by atoms with Crippen molar-refractivity contribution >= 4 is 17.3 Å². The van der Waals surface area contributed by atoms with E-state index in [1.54, 1.807) is 0 Å². The number of ether oxygens (including phenoxy) is 1. The van der Waals surface area contributed by atoms with Gasteiger partial charge in [-0.25, -0.2) is 0 Å². The molecule has 4 nitrogen and oxygen atoms in total. The van der Waals surface area contributed by atoms with Crippen LogP contribution in [0.4, 0.5) is 11.4 Å². The third-order valence-electron chi connectivity index (χ3n) is 4.73. The molecule has 0 radical (unpaired) electrons. The summed E-state index contributed by atoms with van der Waals surface area (Å²) in [6.07, 6.45) is 3.59. The minimum atomic E-state index is 0.102. The highest BCUT2D eigenvalue weighted by Crippen LogP contribution is 2.46. The first-order chi connectivity index (χ1) is 10.1. The maximum absolute atomic E-state index is 11.8. The number of fused-ring (bicyclic) bond motifs is 2. The maximum atomic E-state index is 11.8. The van der Waals surface area contributed by atoms with Crippen molar-refractivity contribution in [3.05, 3.63) is 23.8 Å². The number of rotatable bonds is 3. The zero-order valence-corrected chi connectivity index (χ0v) is 12.9. The van der Waals surface area contributed by atoms with Crippen LogP contribution in [0.2, 0.25) is 0 Å². The van der Waals surface area contributed by atoms with Crippen LogP contribution < -0.4 is 10.2 Å². The van der Waals surface area contributed by atoms with Gasteiger partial charge in [0.15, 0.2) is 0 Å².